The van der Waals surface area contributed by atoms with Gasteiger partial charge in [-0.05, 0) is 44.9 Å². The Kier molecular flexibility index (Phi) is 44.4. The normalized spacial score (nSPS) is 13.5. The fourth-order valence-corrected chi connectivity index (χ4v) is 7.65. The van der Waals surface area contributed by atoms with Gasteiger partial charge in [0.1, 0.15) is 6.61 Å². The van der Waals surface area contributed by atoms with Crippen LogP contribution in [0.3, 0.4) is 0 Å². The lowest BCUT2D eigenvalue weighted by atomic mass is 10.0. The second-order valence-corrected chi connectivity index (χ2v) is 17.8. The van der Waals surface area contributed by atoms with E-state index >= 15 is 0 Å². The van der Waals surface area contributed by atoms with E-state index in [-0.39, 0.29) is 32.6 Å². The van der Waals surface area contributed by atoms with Crippen LogP contribution in [0.4, 0.5) is 0 Å². The Morgan fingerprint density at radius 1 is 0.508 bits per heavy atom. The molecule has 0 aliphatic carbocycles. The Labute approximate surface area is 363 Å². The van der Waals surface area contributed by atoms with Crippen molar-refractivity contribution >= 4 is 19.8 Å². The SMILES string of the molecule is CCCCCCCCC=CCC=CCC=CCCCC(=O)OC[C@H](COP(=O)(O)OCCN)OC(=O)CCCCCCCCCCCCCCCCCCCCCCC. The molecule has 0 fully saturated rings. The molecule has 0 aromatic carbocycles. The van der Waals surface area contributed by atoms with Crippen LogP contribution in [-0.4, -0.2) is 49.3 Å². The molecule has 0 aromatic rings. The van der Waals surface area contributed by atoms with Gasteiger partial charge in [0.2, 0.25) is 0 Å². The zero-order valence-electron chi connectivity index (χ0n) is 38.2. The number of carbonyl (C=O) groups excluding carboxylic acids is 2. The number of unbranched alkanes of at least 4 members (excludes halogenated alkanes) is 27. The molecule has 0 aliphatic heterocycles. The molecule has 0 radical (unpaired) electrons. The molecule has 10 heteroatoms. The summed E-state index contributed by atoms with van der Waals surface area (Å²) in [6.07, 6.45) is 51.9. The summed E-state index contributed by atoms with van der Waals surface area (Å²) in [6, 6.07) is 0. The molecule has 0 saturated heterocycles. The van der Waals surface area contributed by atoms with Gasteiger partial charge in [0, 0.05) is 19.4 Å². The van der Waals surface area contributed by atoms with E-state index in [1.54, 1.807) is 0 Å². The largest absolute Gasteiger partial charge is 0.472 e. The van der Waals surface area contributed by atoms with Crippen LogP contribution in [-0.2, 0) is 32.7 Å². The van der Waals surface area contributed by atoms with E-state index in [1.807, 2.05) is 0 Å². The third kappa shape index (κ3) is 45.6. The van der Waals surface area contributed by atoms with Gasteiger partial charge in [-0.1, -0.05) is 211 Å². The molecule has 2 atom stereocenters. The first-order valence-electron chi connectivity index (χ1n) is 24.5. The zero-order valence-corrected chi connectivity index (χ0v) is 39.1. The van der Waals surface area contributed by atoms with Gasteiger partial charge in [-0.3, -0.25) is 18.6 Å². The summed E-state index contributed by atoms with van der Waals surface area (Å²) in [6.45, 7) is 3.70. The highest BCUT2D eigenvalue weighted by atomic mass is 31.2. The Balaban J connectivity index is 4.11. The lowest BCUT2D eigenvalue weighted by Gasteiger charge is -2.19. The number of hydrogen-bond acceptors (Lipinski definition) is 8. The standard InChI is InChI=1S/C49H92NO8P/c1-3-5-7-9-11-13-15-17-19-21-22-23-24-26-28-30-32-34-36-38-40-42-49(52)58-47(46-57-59(53,54)56-44-43-50)45-55-48(51)41-39-37-35-33-31-29-27-25-20-18-16-14-12-10-8-6-4-2/h18,20,27,29,33,35,47H,3-17,19,21-26,28,30-32,34,36-46,50H2,1-2H3,(H,53,54)/t47-/m1/s1. The third-order valence-corrected chi connectivity index (χ3v) is 11.5. The Morgan fingerprint density at radius 2 is 0.898 bits per heavy atom. The maximum Gasteiger partial charge on any atom is 0.472 e. The van der Waals surface area contributed by atoms with Gasteiger partial charge in [-0.2, -0.15) is 0 Å². The molecule has 0 aliphatic rings. The average Bonchev–Trinajstić information content (AvgIpc) is 3.22. The first-order valence-corrected chi connectivity index (χ1v) is 26.0. The van der Waals surface area contributed by atoms with Crippen molar-refractivity contribution in [2.45, 2.75) is 238 Å². The fraction of sp³-hybridized carbons (Fsp3) is 0.837. The molecule has 346 valence electrons. The van der Waals surface area contributed by atoms with Crippen molar-refractivity contribution in [2.24, 2.45) is 5.73 Å². The number of esters is 2. The van der Waals surface area contributed by atoms with Crippen LogP contribution in [0.1, 0.15) is 232 Å². The number of phosphoric acid groups is 1. The summed E-state index contributed by atoms with van der Waals surface area (Å²) in [7, 11) is -4.39. The maximum atomic E-state index is 12.6. The summed E-state index contributed by atoms with van der Waals surface area (Å²) in [5.74, 6) is -0.880. The molecule has 0 heterocycles. The molecule has 3 N–H and O–H groups in total. The number of carbonyl (C=O) groups is 2. The molecular weight excluding hydrogens is 762 g/mol. The lowest BCUT2D eigenvalue weighted by molar-refractivity contribution is -0.161. The monoisotopic (exact) mass is 854 g/mol. The predicted molar refractivity (Wildman–Crippen MR) is 247 cm³/mol. The van der Waals surface area contributed by atoms with Crippen molar-refractivity contribution in [1.29, 1.82) is 0 Å². The number of rotatable bonds is 46. The van der Waals surface area contributed by atoms with Gasteiger partial charge in [-0.15, -0.1) is 0 Å². The van der Waals surface area contributed by atoms with E-state index in [2.05, 4.69) is 50.3 Å². The van der Waals surface area contributed by atoms with Crippen molar-refractivity contribution in [2.75, 3.05) is 26.4 Å². The molecule has 0 bridgehead atoms. The molecule has 0 amide bonds. The third-order valence-electron chi connectivity index (χ3n) is 10.5. The second-order valence-electron chi connectivity index (χ2n) is 16.3. The summed E-state index contributed by atoms with van der Waals surface area (Å²) in [5, 5.41) is 0. The summed E-state index contributed by atoms with van der Waals surface area (Å²) in [5.41, 5.74) is 5.36. The van der Waals surface area contributed by atoms with Crippen molar-refractivity contribution in [3.05, 3.63) is 36.5 Å². The highest BCUT2D eigenvalue weighted by molar-refractivity contribution is 7.47. The number of ether oxygens (including phenoxy) is 2. The number of hydrogen-bond donors (Lipinski definition) is 2. The average molecular weight is 854 g/mol. The molecule has 0 aromatic heterocycles. The Morgan fingerprint density at radius 3 is 1.36 bits per heavy atom. The number of nitrogens with two attached hydrogens (primary N) is 1. The van der Waals surface area contributed by atoms with Gasteiger partial charge in [0.15, 0.2) is 6.10 Å². The minimum absolute atomic E-state index is 0.0479. The number of phosphoric ester groups is 1. The van der Waals surface area contributed by atoms with Crippen LogP contribution >= 0.6 is 7.82 Å². The Bertz CT molecular complexity index is 1060. The highest BCUT2D eigenvalue weighted by Crippen LogP contribution is 2.43. The van der Waals surface area contributed by atoms with Crippen molar-refractivity contribution in [3.63, 3.8) is 0 Å². The van der Waals surface area contributed by atoms with Crippen molar-refractivity contribution in [3.8, 4) is 0 Å². The zero-order chi connectivity index (χ0) is 43.2. The van der Waals surface area contributed by atoms with Crippen molar-refractivity contribution < 1.29 is 37.6 Å². The van der Waals surface area contributed by atoms with Crippen LogP contribution in [0.2, 0.25) is 0 Å². The summed E-state index contributed by atoms with van der Waals surface area (Å²) >= 11 is 0. The summed E-state index contributed by atoms with van der Waals surface area (Å²) in [4.78, 5) is 35.0. The molecular formula is C49H92NO8P. The van der Waals surface area contributed by atoms with Crippen molar-refractivity contribution in [1.82, 2.24) is 0 Å². The quantitative estimate of drug-likeness (QED) is 0.0265. The van der Waals surface area contributed by atoms with Crippen LogP contribution in [0, 0.1) is 0 Å². The van der Waals surface area contributed by atoms with E-state index in [1.165, 1.54) is 154 Å². The van der Waals surface area contributed by atoms with Gasteiger partial charge in [-0.25, -0.2) is 4.57 Å². The Hall–Kier alpha value is -1.77. The predicted octanol–water partition coefficient (Wildman–Crippen LogP) is 14.5. The van der Waals surface area contributed by atoms with Crippen LogP contribution in [0.15, 0.2) is 36.5 Å². The topological polar surface area (TPSA) is 134 Å². The number of allylic oxidation sites excluding steroid dienone is 6. The molecule has 59 heavy (non-hydrogen) atoms. The minimum Gasteiger partial charge on any atom is -0.462 e. The minimum atomic E-state index is -4.39. The van der Waals surface area contributed by atoms with Gasteiger partial charge < -0.3 is 20.1 Å². The molecule has 0 spiro atoms. The van der Waals surface area contributed by atoms with Crippen LogP contribution in [0.5, 0.6) is 0 Å². The molecule has 0 rings (SSSR count). The van der Waals surface area contributed by atoms with Gasteiger partial charge >= 0.3 is 19.8 Å². The van der Waals surface area contributed by atoms with Gasteiger partial charge in [0.05, 0.1) is 13.2 Å². The first-order chi connectivity index (χ1) is 28.8. The van der Waals surface area contributed by atoms with Crippen LogP contribution < -0.4 is 5.73 Å². The van der Waals surface area contributed by atoms with E-state index in [0.717, 1.165) is 38.5 Å². The maximum absolute atomic E-state index is 12.6. The smallest absolute Gasteiger partial charge is 0.462 e. The van der Waals surface area contributed by atoms with E-state index in [4.69, 9.17) is 24.3 Å². The second kappa shape index (κ2) is 45.7. The lowest BCUT2D eigenvalue weighted by Crippen LogP contribution is -2.29. The van der Waals surface area contributed by atoms with Crippen LogP contribution in [0.25, 0.3) is 0 Å². The van der Waals surface area contributed by atoms with E-state index in [0.29, 0.717) is 12.8 Å². The molecule has 1 unspecified atom stereocenters. The fourth-order valence-electron chi connectivity index (χ4n) is 6.89. The van der Waals surface area contributed by atoms with E-state index < -0.39 is 32.5 Å². The highest BCUT2D eigenvalue weighted by Gasteiger charge is 2.26. The van der Waals surface area contributed by atoms with E-state index in [9.17, 15) is 19.0 Å². The van der Waals surface area contributed by atoms with Gasteiger partial charge in [0.25, 0.3) is 0 Å². The first kappa shape index (κ1) is 57.2. The molecule has 0 saturated carbocycles. The molecule has 9 nitrogen and oxygen atoms in total. The summed E-state index contributed by atoms with van der Waals surface area (Å²) < 4.78 is 32.8.